The van der Waals surface area contributed by atoms with Gasteiger partial charge in [-0.25, -0.2) is 4.39 Å². The highest BCUT2D eigenvalue weighted by atomic mass is 35.5. The molecule has 0 saturated heterocycles. The van der Waals surface area contributed by atoms with Crippen LogP contribution in [0.15, 0.2) is 18.2 Å². The number of rotatable bonds is 4. The molecule has 1 atom stereocenters. The molecule has 4 nitrogen and oxygen atoms in total. The fourth-order valence-electron chi connectivity index (χ4n) is 1.96. The van der Waals surface area contributed by atoms with Gasteiger partial charge in [-0.3, -0.25) is 4.68 Å². The molecule has 1 heterocycles. The molecular formula is C14H17ClFN3O. The maximum absolute atomic E-state index is 13.8. The Kier molecular flexibility index (Phi) is 4.30. The summed E-state index contributed by atoms with van der Waals surface area (Å²) in [7, 11) is 1.76. The molecule has 2 N–H and O–H groups in total. The standard InChI is InChI=1S/C14H17ClFN3O/c1-8(17)11-5-4-10(6-13(11)16)20-7-12-9(2)18-19(3)14(12)15/h4-6,8H,7,17H2,1-3H3/t8-/m1/s1. The summed E-state index contributed by atoms with van der Waals surface area (Å²) < 4.78 is 20.9. The van der Waals surface area contributed by atoms with E-state index in [0.29, 0.717) is 16.5 Å². The molecule has 2 aromatic rings. The monoisotopic (exact) mass is 297 g/mol. The van der Waals surface area contributed by atoms with Gasteiger partial charge >= 0.3 is 0 Å². The van der Waals surface area contributed by atoms with Crippen molar-refractivity contribution in [3.8, 4) is 5.75 Å². The van der Waals surface area contributed by atoms with E-state index in [2.05, 4.69) is 5.10 Å². The lowest BCUT2D eigenvalue weighted by atomic mass is 10.1. The Morgan fingerprint density at radius 2 is 2.20 bits per heavy atom. The van der Waals surface area contributed by atoms with E-state index in [-0.39, 0.29) is 18.5 Å². The third-order valence-corrected chi connectivity index (χ3v) is 3.59. The summed E-state index contributed by atoms with van der Waals surface area (Å²) >= 11 is 6.11. The first-order valence-corrected chi connectivity index (χ1v) is 6.63. The minimum atomic E-state index is -0.369. The molecule has 0 unspecified atom stereocenters. The Morgan fingerprint density at radius 3 is 2.70 bits per heavy atom. The Morgan fingerprint density at radius 1 is 1.50 bits per heavy atom. The van der Waals surface area contributed by atoms with Crippen LogP contribution < -0.4 is 10.5 Å². The minimum Gasteiger partial charge on any atom is -0.489 e. The van der Waals surface area contributed by atoms with Crippen molar-refractivity contribution in [3.05, 3.63) is 46.0 Å². The van der Waals surface area contributed by atoms with Gasteiger partial charge in [0.25, 0.3) is 0 Å². The maximum Gasteiger partial charge on any atom is 0.133 e. The van der Waals surface area contributed by atoms with Gasteiger partial charge in [0.1, 0.15) is 23.3 Å². The molecule has 0 fully saturated rings. The predicted octanol–water partition coefficient (Wildman–Crippen LogP) is 3.12. The minimum absolute atomic E-state index is 0.246. The Labute approximate surface area is 122 Å². The Balaban J connectivity index is 2.13. The molecule has 1 aromatic heterocycles. The van der Waals surface area contributed by atoms with Gasteiger partial charge in [-0.15, -0.1) is 0 Å². The lowest BCUT2D eigenvalue weighted by Gasteiger charge is -2.10. The summed E-state index contributed by atoms with van der Waals surface area (Å²) in [6.07, 6.45) is 0. The fraction of sp³-hybridized carbons (Fsp3) is 0.357. The van der Waals surface area contributed by atoms with E-state index in [1.807, 2.05) is 6.92 Å². The smallest absolute Gasteiger partial charge is 0.133 e. The summed E-state index contributed by atoms with van der Waals surface area (Å²) in [5.41, 5.74) is 7.72. The highest BCUT2D eigenvalue weighted by Gasteiger charge is 2.13. The van der Waals surface area contributed by atoms with Gasteiger partial charge in [-0.1, -0.05) is 17.7 Å². The van der Waals surface area contributed by atoms with Crippen LogP contribution in [0.5, 0.6) is 5.75 Å². The lowest BCUT2D eigenvalue weighted by Crippen LogP contribution is -2.07. The topological polar surface area (TPSA) is 53.1 Å². The van der Waals surface area contributed by atoms with Gasteiger partial charge in [0.05, 0.1) is 5.69 Å². The molecule has 108 valence electrons. The molecule has 0 aliphatic heterocycles. The number of hydrogen-bond acceptors (Lipinski definition) is 3. The van der Waals surface area contributed by atoms with E-state index in [9.17, 15) is 4.39 Å². The third-order valence-electron chi connectivity index (χ3n) is 3.12. The van der Waals surface area contributed by atoms with Crippen LogP contribution in [0.3, 0.4) is 0 Å². The molecule has 0 amide bonds. The van der Waals surface area contributed by atoms with Crippen LogP contribution in [0.4, 0.5) is 4.39 Å². The first-order valence-electron chi connectivity index (χ1n) is 6.26. The SMILES string of the molecule is Cc1nn(C)c(Cl)c1COc1ccc([C@@H](C)N)c(F)c1. The summed E-state index contributed by atoms with van der Waals surface area (Å²) in [5, 5.41) is 4.72. The summed E-state index contributed by atoms with van der Waals surface area (Å²) in [5.74, 6) is 0.0673. The second-order valence-corrected chi connectivity index (χ2v) is 5.10. The van der Waals surface area contributed by atoms with E-state index in [1.165, 1.54) is 6.07 Å². The number of hydrogen-bond donors (Lipinski definition) is 1. The highest BCUT2D eigenvalue weighted by Crippen LogP contribution is 2.24. The lowest BCUT2D eigenvalue weighted by molar-refractivity contribution is 0.303. The van der Waals surface area contributed by atoms with Gasteiger partial charge < -0.3 is 10.5 Å². The first kappa shape index (κ1) is 14.8. The largest absolute Gasteiger partial charge is 0.489 e. The van der Waals surface area contributed by atoms with Crippen LogP contribution in [-0.2, 0) is 13.7 Å². The van der Waals surface area contributed by atoms with Crippen LogP contribution in [0.1, 0.15) is 29.8 Å². The zero-order valence-corrected chi connectivity index (χ0v) is 12.4. The van der Waals surface area contributed by atoms with Crippen molar-refractivity contribution in [1.29, 1.82) is 0 Å². The highest BCUT2D eigenvalue weighted by molar-refractivity contribution is 6.30. The van der Waals surface area contributed by atoms with Gasteiger partial charge in [0.2, 0.25) is 0 Å². The molecule has 0 saturated carbocycles. The van der Waals surface area contributed by atoms with E-state index >= 15 is 0 Å². The molecule has 0 bridgehead atoms. The van der Waals surface area contributed by atoms with Crippen LogP contribution in [-0.4, -0.2) is 9.78 Å². The van der Waals surface area contributed by atoms with Crippen molar-refractivity contribution < 1.29 is 9.13 Å². The number of ether oxygens (including phenoxy) is 1. The second kappa shape index (κ2) is 5.81. The zero-order valence-electron chi connectivity index (χ0n) is 11.7. The predicted molar refractivity (Wildman–Crippen MR) is 76.3 cm³/mol. The number of nitrogens with two attached hydrogens (primary N) is 1. The van der Waals surface area contributed by atoms with Crippen molar-refractivity contribution in [2.24, 2.45) is 12.8 Å². The van der Waals surface area contributed by atoms with E-state index < -0.39 is 0 Å². The number of nitrogens with zero attached hydrogens (tertiary/aromatic N) is 2. The molecule has 0 aliphatic carbocycles. The van der Waals surface area contributed by atoms with Gasteiger partial charge in [-0.05, 0) is 19.9 Å². The molecular weight excluding hydrogens is 281 g/mol. The van der Waals surface area contributed by atoms with Crippen LogP contribution in [0.25, 0.3) is 0 Å². The number of halogens is 2. The van der Waals surface area contributed by atoms with Crippen LogP contribution >= 0.6 is 11.6 Å². The van der Waals surface area contributed by atoms with Gasteiger partial charge in [0.15, 0.2) is 0 Å². The van der Waals surface area contributed by atoms with Crippen LogP contribution in [0.2, 0.25) is 5.15 Å². The fourth-order valence-corrected chi connectivity index (χ4v) is 2.19. The van der Waals surface area contributed by atoms with E-state index in [1.54, 1.807) is 30.8 Å². The van der Waals surface area contributed by atoms with Gasteiger partial charge in [-0.2, -0.15) is 5.10 Å². The first-order chi connectivity index (χ1) is 9.40. The number of aromatic nitrogens is 2. The Bertz CT molecular complexity index is 625. The summed E-state index contributed by atoms with van der Waals surface area (Å²) in [6.45, 7) is 3.83. The molecule has 0 aliphatic rings. The third kappa shape index (κ3) is 2.94. The van der Waals surface area contributed by atoms with E-state index in [4.69, 9.17) is 22.1 Å². The number of aryl methyl sites for hydroxylation is 2. The van der Waals surface area contributed by atoms with Crippen molar-refractivity contribution in [3.63, 3.8) is 0 Å². The maximum atomic E-state index is 13.8. The van der Waals surface area contributed by atoms with Gasteiger partial charge in [0, 0.05) is 30.3 Å². The van der Waals surface area contributed by atoms with Crippen molar-refractivity contribution in [2.45, 2.75) is 26.5 Å². The van der Waals surface area contributed by atoms with Crippen molar-refractivity contribution >= 4 is 11.6 Å². The molecule has 0 spiro atoms. The molecule has 6 heteroatoms. The summed E-state index contributed by atoms with van der Waals surface area (Å²) in [4.78, 5) is 0. The molecule has 20 heavy (non-hydrogen) atoms. The average Bonchev–Trinajstić information content (AvgIpc) is 2.61. The average molecular weight is 298 g/mol. The quantitative estimate of drug-likeness (QED) is 0.943. The Hall–Kier alpha value is -1.59. The van der Waals surface area contributed by atoms with Crippen molar-refractivity contribution in [1.82, 2.24) is 9.78 Å². The second-order valence-electron chi connectivity index (χ2n) is 4.74. The number of benzene rings is 1. The zero-order chi connectivity index (χ0) is 14.9. The molecule has 0 radical (unpaired) electrons. The molecule has 1 aromatic carbocycles. The van der Waals surface area contributed by atoms with Crippen LogP contribution in [0, 0.1) is 12.7 Å². The van der Waals surface area contributed by atoms with Crippen molar-refractivity contribution in [2.75, 3.05) is 0 Å². The molecule has 2 rings (SSSR count). The normalized spacial score (nSPS) is 12.5. The van der Waals surface area contributed by atoms with E-state index in [0.717, 1.165) is 11.3 Å². The summed E-state index contributed by atoms with van der Waals surface area (Å²) in [6, 6.07) is 4.31.